The maximum atomic E-state index is 10.6. The predicted molar refractivity (Wildman–Crippen MR) is 49.4 cm³/mol. The van der Waals surface area contributed by atoms with Crippen molar-refractivity contribution in [3.8, 4) is 0 Å². The third-order valence-corrected chi connectivity index (χ3v) is 2.53. The van der Waals surface area contributed by atoms with E-state index in [0.29, 0.717) is 5.92 Å². The third-order valence-electron chi connectivity index (χ3n) is 2.53. The molecule has 0 aromatic rings. The molecule has 0 aromatic carbocycles. The van der Waals surface area contributed by atoms with Crippen LogP contribution in [0.25, 0.3) is 0 Å². The van der Waals surface area contributed by atoms with Gasteiger partial charge in [-0.15, -0.1) is 0 Å². The molecule has 0 atom stereocenters. The fourth-order valence-electron chi connectivity index (χ4n) is 1.78. The van der Waals surface area contributed by atoms with Crippen LogP contribution in [0.4, 0.5) is 0 Å². The zero-order valence-electron chi connectivity index (χ0n) is 7.70. The molecule has 0 unspecified atom stereocenters. The summed E-state index contributed by atoms with van der Waals surface area (Å²) in [6, 6.07) is 0. The Morgan fingerprint density at radius 3 is 2.38 bits per heavy atom. The molecule has 3 heteroatoms. The molecular weight excluding hydrogens is 168 g/mol. The number of hydrogen-bond acceptors (Lipinski definition) is 2. The maximum Gasteiger partial charge on any atom is 0.333 e. The highest BCUT2D eigenvalue weighted by Crippen LogP contribution is 2.25. The zero-order chi connectivity index (χ0) is 9.68. The Morgan fingerprint density at radius 1 is 1.31 bits per heavy atom. The number of hydrogen-bond donors (Lipinski definition) is 2. The summed E-state index contributed by atoms with van der Waals surface area (Å²) in [7, 11) is 0. The van der Waals surface area contributed by atoms with E-state index in [0.717, 1.165) is 12.8 Å². The van der Waals surface area contributed by atoms with Gasteiger partial charge in [-0.1, -0.05) is 25.3 Å². The number of carbonyl (C=O) groups is 1. The van der Waals surface area contributed by atoms with E-state index in [1.807, 2.05) is 0 Å². The quantitative estimate of drug-likeness (QED) is 0.654. The SMILES string of the molecule is O=C(O)C(=CC1CCCCC1)CO. The van der Waals surface area contributed by atoms with Gasteiger partial charge in [-0.3, -0.25) is 0 Å². The highest BCUT2D eigenvalue weighted by Gasteiger charge is 2.14. The summed E-state index contributed by atoms with van der Waals surface area (Å²) in [6.07, 6.45) is 7.47. The molecule has 0 radical (unpaired) electrons. The summed E-state index contributed by atoms with van der Waals surface area (Å²) in [5.74, 6) is -0.625. The Morgan fingerprint density at radius 2 is 1.92 bits per heavy atom. The standard InChI is InChI=1S/C10H16O3/c11-7-9(10(12)13)6-8-4-2-1-3-5-8/h6,8,11H,1-5,7H2,(H,12,13). The lowest BCUT2D eigenvalue weighted by atomic mass is 9.88. The van der Waals surface area contributed by atoms with Crippen molar-refractivity contribution in [2.45, 2.75) is 32.1 Å². The van der Waals surface area contributed by atoms with E-state index in [9.17, 15) is 4.79 Å². The van der Waals surface area contributed by atoms with Crippen molar-refractivity contribution >= 4 is 5.97 Å². The highest BCUT2D eigenvalue weighted by molar-refractivity contribution is 5.86. The summed E-state index contributed by atoms with van der Waals surface area (Å²) >= 11 is 0. The lowest BCUT2D eigenvalue weighted by Gasteiger charge is -2.18. The van der Waals surface area contributed by atoms with Crippen LogP contribution in [0.1, 0.15) is 32.1 Å². The third kappa shape index (κ3) is 3.19. The van der Waals surface area contributed by atoms with Gasteiger partial charge in [-0.25, -0.2) is 4.79 Å². The molecule has 0 spiro atoms. The minimum Gasteiger partial charge on any atom is -0.478 e. The van der Waals surface area contributed by atoms with Crippen molar-refractivity contribution in [2.75, 3.05) is 6.61 Å². The van der Waals surface area contributed by atoms with Crippen molar-refractivity contribution in [1.29, 1.82) is 0 Å². The van der Waals surface area contributed by atoms with E-state index >= 15 is 0 Å². The second kappa shape index (κ2) is 5.02. The van der Waals surface area contributed by atoms with Gasteiger partial charge in [-0.05, 0) is 18.8 Å². The first-order valence-electron chi connectivity index (χ1n) is 4.79. The summed E-state index contributed by atoms with van der Waals surface area (Å²) in [4.78, 5) is 10.6. The molecule has 1 aliphatic rings. The van der Waals surface area contributed by atoms with Gasteiger partial charge in [0.1, 0.15) is 0 Å². The van der Waals surface area contributed by atoms with Crippen LogP contribution in [0.2, 0.25) is 0 Å². The summed E-state index contributed by atoms with van der Waals surface area (Å²) in [5, 5.41) is 17.5. The Kier molecular flexibility index (Phi) is 3.96. The van der Waals surface area contributed by atoms with Crippen molar-refractivity contribution in [2.24, 2.45) is 5.92 Å². The normalized spacial score (nSPS) is 20.2. The van der Waals surface area contributed by atoms with Gasteiger partial charge in [0.15, 0.2) is 0 Å². The van der Waals surface area contributed by atoms with Gasteiger partial charge in [0.2, 0.25) is 0 Å². The Labute approximate surface area is 78.1 Å². The number of carboxylic acid groups (broad SMARTS) is 1. The molecule has 0 aromatic heterocycles. The Bertz CT molecular complexity index is 202. The number of aliphatic hydroxyl groups is 1. The van der Waals surface area contributed by atoms with E-state index in [-0.39, 0.29) is 12.2 Å². The molecule has 1 saturated carbocycles. The van der Waals surface area contributed by atoms with Crippen LogP contribution in [0.3, 0.4) is 0 Å². The average Bonchev–Trinajstić information content (AvgIpc) is 2.15. The van der Waals surface area contributed by atoms with Crippen molar-refractivity contribution in [3.05, 3.63) is 11.6 Å². The number of aliphatic carboxylic acids is 1. The molecule has 1 fully saturated rings. The van der Waals surface area contributed by atoms with Crippen LogP contribution < -0.4 is 0 Å². The first-order chi connectivity index (χ1) is 6.24. The molecule has 13 heavy (non-hydrogen) atoms. The van der Waals surface area contributed by atoms with Crippen LogP contribution in [0, 0.1) is 5.92 Å². The minimum atomic E-state index is -0.993. The topological polar surface area (TPSA) is 57.5 Å². The van der Waals surface area contributed by atoms with E-state index in [1.54, 1.807) is 6.08 Å². The number of aliphatic hydroxyl groups excluding tert-OH is 1. The predicted octanol–water partition coefficient (Wildman–Crippen LogP) is 1.57. The van der Waals surface area contributed by atoms with Gasteiger partial charge < -0.3 is 10.2 Å². The molecule has 74 valence electrons. The molecule has 1 rings (SSSR count). The monoisotopic (exact) mass is 184 g/mol. The fourth-order valence-corrected chi connectivity index (χ4v) is 1.78. The van der Waals surface area contributed by atoms with E-state index < -0.39 is 5.97 Å². The Hall–Kier alpha value is -0.830. The fraction of sp³-hybridized carbons (Fsp3) is 0.700. The molecular formula is C10H16O3. The molecule has 2 N–H and O–H groups in total. The smallest absolute Gasteiger partial charge is 0.333 e. The van der Waals surface area contributed by atoms with E-state index in [2.05, 4.69) is 0 Å². The molecule has 0 heterocycles. The molecule has 0 aliphatic heterocycles. The molecule has 0 amide bonds. The van der Waals surface area contributed by atoms with Gasteiger partial charge in [0.05, 0.1) is 12.2 Å². The van der Waals surface area contributed by atoms with E-state index in [1.165, 1.54) is 19.3 Å². The first-order valence-corrected chi connectivity index (χ1v) is 4.79. The number of carboxylic acids is 1. The lowest BCUT2D eigenvalue weighted by molar-refractivity contribution is -0.133. The highest BCUT2D eigenvalue weighted by atomic mass is 16.4. The van der Waals surface area contributed by atoms with Gasteiger partial charge in [0.25, 0.3) is 0 Å². The molecule has 0 bridgehead atoms. The van der Waals surface area contributed by atoms with Crippen LogP contribution in [-0.2, 0) is 4.79 Å². The first kappa shape index (κ1) is 10.3. The largest absolute Gasteiger partial charge is 0.478 e. The minimum absolute atomic E-state index is 0.145. The van der Waals surface area contributed by atoms with Crippen LogP contribution >= 0.6 is 0 Å². The molecule has 1 aliphatic carbocycles. The summed E-state index contributed by atoms with van der Waals surface area (Å²) < 4.78 is 0. The number of allylic oxidation sites excluding steroid dienone is 1. The van der Waals surface area contributed by atoms with E-state index in [4.69, 9.17) is 10.2 Å². The number of rotatable bonds is 3. The second-order valence-electron chi connectivity index (χ2n) is 3.55. The van der Waals surface area contributed by atoms with Crippen molar-refractivity contribution in [1.82, 2.24) is 0 Å². The van der Waals surface area contributed by atoms with Gasteiger partial charge >= 0.3 is 5.97 Å². The van der Waals surface area contributed by atoms with Crippen molar-refractivity contribution in [3.63, 3.8) is 0 Å². The molecule has 0 saturated heterocycles. The second-order valence-corrected chi connectivity index (χ2v) is 3.55. The summed E-state index contributed by atoms with van der Waals surface area (Å²) in [5.41, 5.74) is 0.145. The lowest BCUT2D eigenvalue weighted by Crippen LogP contribution is -2.10. The van der Waals surface area contributed by atoms with Gasteiger partial charge in [-0.2, -0.15) is 0 Å². The van der Waals surface area contributed by atoms with Crippen molar-refractivity contribution < 1.29 is 15.0 Å². The average molecular weight is 184 g/mol. The van der Waals surface area contributed by atoms with Crippen LogP contribution in [-0.4, -0.2) is 22.8 Å². The van der Waals surface area contributed by atoms with Crippen LogP contribution in [0.15, 0.2) is 11.6 Å². The zero-order valence-corrected chi connectivity index (χ0v) is 7.70. The maximum absolute atomic E-state index is 10.6. The molecule has 3 nitrogen and oxygen atoms in total. The summed E-state index contributed by atoms with van der Waals surface area (Å²) in [6.45, 7) is -0.355. The Balaban J connectivity index is 2.54. The van der Waals surface area contributed by atoms with Gasteiger partial charge in [0, 0.05) is 0 Å². The van der Waals surface area contributed by atoms with Crippen LogP contribution in [0.5, 0.6) is 0 Å².